The maximum atomic E-state index is 12.4. The average Bonchev–Trinajstić information content (AvgIpc) is 2.54. The number of hydrogen-bond acceptors (Lipinski definition) is 4. The molecular formula is C16H17BrN2O3. The van der Waals surface area contributed by atoms with Crippen LogP contribution in [-0.2, 0) is 6.42 Å². The van der Waals surface area contributed by atoms with Crippen LogP contribution in [0.15, 0.2) is 41.1 Å². The van der Waals surface area contributed by atoms with E-state index in [9.17, 15) is 4.79 Å². The second kappa shape index (κ2) is 7.79. The quantitative estimate of drug-likeness (QED) is 0.855. The van der Waals surface area contributed by atoms with Crippen molar-refractivity contribution in [2.75, 3.05) is 20.8 Å². The molecular weight excluding hydrogens is 348 g/mol. The van der Waals surface area contributed by atoms with Gasteiger partial charge in [0.15, 0.2) is 0 Å². The van der Waals surface area contributed by atoms with E-state index in [0.717, 1.165) is 5.56 Å². The van der Waals surface area contributed by atoms with E-state index < -0.39 is 0 Å². The molecule has 0 unspecified atom stereocenters. The van der Waals surface area contributed by atoms with Crippen molar-refractivity contribution in [2.24, 2.45) is 0 Å². The summed E-state index contributed by atoms with van der Waals surface area (Å²) < 4.78 is 11.1. The van der Waals surface area contributed by atoms with E-state index in [1.807, 2.05) is 12.1 Å². The second-order valence-corrected chi connectivity index (χ2v) is 5.41. The highest BCUT2D eigenvalue weighted by Crippen LogP contribution is 2.33. The van der Waals surface area contributed by atoms with Crippen LogP contribution in [0.2, 0.25) is 0 Å². The number of halogens is 1. The summed E-state index contributed by atoms with van der Waals surface area (Å²) in [6.07, 6.45) is 4.22. The summed E-state index contributed by atoms with van der Waals surface area (Å²) >= 11 is 3.38. The maximum absolute atomic E-state index is 12.4. The first-order chi connectivity index (χ1) is 10.7. The number of hydrogen-bond donors (Lipinski definition) is 1. The molecule has 0 radical (unpaired) electrons. The Kier molecular flexibility index (Phi) is 5.77. The molecule has 0 aliphatic rings. The zero-order valence-corrected chi connectivity index (χ0v) is 14.0. The van der Waals surface area contributed by atoms with Gasteiger partial charge in [0.25, 0.3) is 5.91 Å². The molecule has 0 spiro atoms. The van der Waals surface area contributed by atoms with Gasteiger partial charge >= 0.3 is 0 Å². The number of benzene rings is 1. The molecule has 0 atom stereocenters. The summed E-state index contributed by atoms with van der Waals surface area (Å²) in [6, 6.07) is 7.26. The third-order valence-electron chi connectivity index (χ3n) is 3.12. The van der Waals surface area contributed by atoms with Crippen LogP contribution in [0.4, 0.5) is 0 Å². The van der Waals surface area contributed by atoms with Crippen molar-refractivity contribution in [1.29, 1.82) is 0 Å². The normalized spacial score (nSPS) is 10.1. The lowest BCUT2D eigenvalue weighted by molar-refractivity contribution is 0.0950. The largest absolute Gasteiger partial charge is 0.497 e. The fraction of sp³-hybridized carbons (Fsp3) is 0.250. The second-order valence-electron chi connectivity index (χ2n) is 4.56. The molecule has 0 bridgehead atoms. The SMILES string of the molecule is COc1cc(Br)c(OC)c(C(=O)NCCc2cccnc2)c1. The standard InChI is InChI=1S/C16H17BrN2O3/c1-21-12-8-13(15(22-2)14(17)9-12)16(20)19-7-5-11-4-3-6-18-10-11/h3-4,6,8-10H,5,7H2,1-2H3,(H,19,20). The van der Waals surface area contributed by atoms with Gasteiger partial charge < -0.3 is 14.8 Å². The van der Waals surface area contributed by atoms with Crippen molar-refractivity contribution < 1.29 is 14.3 Å². The Hall–Kier alpha value is -2.08. The molecule has 1 heterocycles. The predicted octanol–water partition coefficient (Wildman–Crippen LogP) is 2.83. The van der Waals surface area contributed by atoms with Crippen LogP contribution in [0.5, 0.6) is 11.5 Å². The summed E-state index contributed by atoms with van der Waals surface area (Å²) in [4.78, 5) is 16.4. The van der Waals surface area contributed by atoms with Crippen molar-refractivity contribution >= 4 is 21.8 Å². The molecule has 2 rings (SSSR count). The fourth-order valence-corrected chi connectivity index (χ4v) is 2.63. The molecule has 6 heteroatoms. The minimum absolute atomic E-state index is 0.208. The molecule has 22 heavy (non-hydrogen) atoms. The molecule has 2 aromatic rings. The third-order valence-corrected chi connectivity index (χ3v) is 3.71. The van der Waals surface area contributed by atoms with E-state index in [4.69, 9.17) is 9.47 Å². The number of rotatable bonds is 6. The van der Waals surface area contributed by atoms with Crippen LogP contribution in [0.3, 0.4) is 0 Å². The Morgan fingerprint density at radius 1 is 1.32 bits per heavy atom. The first-order valence-electron chi connectivity index (χ1n) is 6.74. The van der Waals surface area contributed by atoms with Crippen LogP contribution in [0.25, 0.3) is 0 Å². The zero-order valence-electron chi connectivity index (χ0n) is 12.4. The summed E-state index contributed by atoms with van der Waals surface area (Å²) in [6.45, 7) is 0.516. The van der Waals surface area contributed by atoms with E-state index in [2.05, 4.69) is 26.2 Å². The molecule has 0 aliphatic heterocycles. The number of amides is 1. The summed E-state index contributed by atoms with van der Waals surface area (Å²) in [5, 5.41) is 2.88. The highest BCUT2D eigenvalue weighted by atomic mass is 79.9. The van der Waals surface area contributed by atoms with Crippen LogP contribution in [0, 0.1) is 0 Å². The number of pyridine rings is 1. The van der Waals surface area contributed by atoms with Crippen molar-refractivity contribution in [3.63, 3.8) is 0 Å². The molecule has 0 saturated carbocycles. The van der Waals surface area contributed by atoms with Crippen LogP contribution >= 0.6 is 15.9 Å². The molecule has 1 aromatic heterocycles. The fourth-order valence-electron chi connectivity index (χ4n) is 2.02. The first-order valence-corrected chi connectivity index (χ1v) is 7.53. The highest BCUT2D eigenvalue weighted by Gasteiger charge is 2.16. The van der Waals surface area contributed by atoms with Gasteiger partial charge in [-0.1, -0.05) is 6.07 Å². The highest BCUT2D eigenvalue weighted by molar-refractivity contribution is 9.10. The number of aromatic nitrogens is 1. The first kappa shape index (κ1) is 16.3. The van der Waals surface area contributed by atoms with Crippen molar-refractivity contribution in [3.8, 4) is 11.5 Å². The van der Waals surface area contributed by atoms with E-state index in [1.165, 1.54) is 7.11 Å². The van der Waals surface area contributed by atoms with Gasteiger partial charge in [0.2, 0.25) is 0 Å². The Morgan fingerprint density at radius 2 is 2.14 bits per heavy atom. The number of carbonyl (C=O) groups is 1. The summed E-state index contributed by atoms with van der Waals surface area (Å²) in [7, 11) is 3.08. The molecule has 116 valence electrons. The van der Waals surface area contributed by atoms with Crippen molar-refractivity contribution in [1.82, 2.24) is 10.3 Å². The van der Waals surface area contributed by atoms with Crippen LogP contribution in [0.1, 0.15) is 15.9 Å². The van der Waals surface area contributed by atoms with E-state index in [-0.39, 0.29) is 5.91 Å². The smallest absolute Gasteiger partial charge is 0.255 e. The number of carbonyl (C=O) groups excluding carboxylic acids is 1. The number of nitrogens with one attached hydrogen (secondary N) is 1. The maximum Gasteiger partial charge on any atom is 0.255 e. The van der Waals surface area contributed by atoms with E-state index in [0.29, 0.717) is 34.5 Å². The van der Waals surface area contributed by atoms with Crippen LogP contribution in [-0.4, -0.2) is 31.7 Å². The number of methoxy groups -OCH3 is 2. The van der Waals surface area contributed by atoms with Gasteiger partial charge in [-0.3, -0.25) is 9.78 Å². The molecule has 0 fully saturated rings. The summed E-state index contributed by atoms with van der Waals surface area (Å²) in [5.74, 6) is 0.866. The van der Waals surface area contributed by atoms with E-state index in [1.54, 1.807) is 31.6 Å². The van der Waals surface area contributed by atoms with Gasteiger partial charge in [0.1, 0.15) is 11.5 Å². The molecule has 1 N–H and O–H groups in total. The molecule has 1 aromatic carbocycles. The van der Waals surface area contributed by atoms with Gasteiger partial charge in [-0.2, -0.15) is 0 Å². The minimum Gasteiger partial charge on any atom is -0.497 e. The minimum atomic E-state index is -0.208. The van der Waals surface area contributed by atoms with Gasteiger partial charge in [-0.05, 0) is 46.1 Å². The molecule has 5 nitrogen and oxygen atoms in total. The third kappa shape index (κ3) is 3.98. The van der Waals surface area contributed by atoms with Gasteiger partial charge in [0.05, 0.1) is 24.3 Å². The van der Waals surface area contributed by atoms with Gasteiger partial charge in [-0.15, -0.1) is 0 Å². The Labute approximate surface area is 137 Å². The molecule has 0 aliphatic carbocycles. The Bertz CT molecular complexity index is 647. The van der Waals surface area contributed by atoms with E-state index >= 15 is 0 Å². The lowest BCUT2D eigenvalue weighted by Crippen LogP contribution is -2.26. The van der Waals surface area contributed by atoms with Crippen molar-refractivity contribution in [2.45, 2.75) is 6.42 Å². The Balaban J connectivity index is 2.07. The average molecular weight is 365 g/mol. The topological polar surface area (TPSA) is 60.5 Å². The molecule has 1 amide bonds. The number of ether oxygens (including phenoxy) is 2. The lowest BCUT2D eigenvalue weighted by Gasteiger charge is -2.13. The predicted molar refractivity (Wildman–Crippen MR) is 87.5 cm³/mol. The van der Waals surface area contributed by atoms with Crippen molar-refractivity contribution in [3.05, 3.63) is 52.3 Å². The van der Waals surface area contributed by atoms with Gasteiger partial charge in [-0.25, -0.2) is 0 Å². The molecule has 0 saturated heterocycles. The van der Waals surface area contributed by atoms with Crippen LogP contribution < -0.4 is 14.8 Å². The van der Waals surface area contributed by atoms with Gasteiger partial charge in [0, 0.05) is 18.9 Å². The Morgan fingerprint density at radius 3 is 2.77 bits per heavy atom. The monoisotopic (exact) mass is 364 g/mol. The summed E-state index contributed by atoms with van der Waals surface area (Å²) in [5.41, 5.74) is 1.50. The zero-order chi connectivity index (χ0) is 15.9. The lowest BCUT2D eigenvalue weighted by atomic mass is 10.1. The number of nitrogens with zero attached hydrogens (tertiary/aromatic N) is 1.